The Labute approximate surface area is 296 Å². The van der Waals surface area contributed by atoms with Gasteiger partial charge in [-0.15, -0.1) is 0 Å². The molecule has 0 bridgehead atoms. The van der Waals surface area contributed by atoms with Crippen LogP contribution in [0.15, 0.2) is 47.6 Å². The van der Waals surface area contributed by atoms with Crippen LogP contribution >= 0.6 is 0 Å². The summed E-state index contributed by atoms with van der Waals surface area (Å²) in [5, 5.41) is 0.265. The van der Waals surface area contributed by atoms with Gasteiger partial charge in [-0.2, -0.15) is 0 Å². The zero-order valence-corrected chi connectivity index (χ0v) is 35.4. The molecule has 0 amide bonds. The Bertz CT molecular complexity index is 1300. The number of hydrogen-bond acceptors (Lipinski definition) is 5. The van der Waals surface area contributed by atoms with Gasteiger partial charge in [0.2, 0.25) is 0 Å². The molecule has 48 heavy (non-hydrogen) atoms. The first kappa shape index (κ1) is 40.9. The number of ether oxygens (including phenoxy) is 1. The van der Waals surface area contributed by atoms with Gasteiger partial charge in [0, 0.05) is 6.42 Å². The van der Waals surface area contributed by atoms with Crippen molar-refractivity contribution in [1.82, 2.24) is 0 Å². The molecule has 0 heterocycles. The number of esters is 1. The highest BCUT2D eigenvalue weighted by molar-refractivity contribution is 6.74. The number of carbonyl (C=O) groups is 2. The van der Waals surface area contributed by atoms with E-state index < -0.39 is 28.0 Å². The maximum Gasteiger partial charge on any atom is 0.319 e. The van der Waals surface area contributed by atoms with Crippen LogP contribution in [-0.2, 0) is 23.2 Å². The lowest BCUT2D eigenvalue weighted by Gasteiger charge is -2.45. The fraction of sp³-hybridized carbons (Fsp3) is 0.756. The van der Waals surface area contributed by atoms with Crippen LogP contribution in [0.5, 0.6) is 0 Å². The van der Waals surface area contributed by atoms with Crippen LogP contribution in [-0.4, -0.2) is 47.7 Å². The van der Waals surface area contributed by atoms with Crippen molar-refractivity contribution >= 4 is 28.4 Å². The van der Waals surface area contributed by atoms with E-state index >= 15 is 0 Å². The first-order valence-corrected chi connectivity index (χ1v) is 24.4. The molecule has 3 aliphatic rings. The first-order chi connectivity index (χ1) is 21.8. The second-order valence-corrected chi connectivity index (χ2v) is 28.6. The average molecular weight is 699 g/mol. The Morgan fingerprint density at radius 1 is 0.938 bits per heavy atom. The van der Waals surface area contributed by atoms with E-state index in [1.807, 2.05) is 6.08 Å². The molecule has 0 radical (unpaired) electrons. The Kier molecular flexibility index (Phi) is 12.4. The minimum absolute atomic E-state index is 0.0222. The summed E-state index contributed by atoms with van der Waals surface area (Å²) in [7, 11) is -2.65. The van der Waals surface area contributed by atoms with E-state index in [4.69, 9.17) is 13.6 Å². The topological polar surface area (TPSA) is 61.8 Å². The second kappa shape index (κ2) is 14.6. The Hall–Kier alpha value is -1.55. The summed E-state index contributed by atoms with van der Waals surface area (Å²) < 4.78 is 19.0. The van der Waals surface area contributed by atoms with Crippen LogP contribution in [0.25, 0.3) is 0 Å². The highest BCUT2D eigenvalue weighted by Gasteiger charge is 2.51. The van der Waals surface area contributed by atoms with E-state index in [0.29, 0.717) is 11.8 Å². The summed E-state index contributed by atoms with van der Waals surface area (Å²) in [6, 6.07) is 0. The van der Waals surface area contributed by atoms with Crippen molar-refractivity contribution < 1.29 is 23.2 Å². The van der Waals surface area contributed by atoms with Gasteiger partial charge in [0.05, 0.1) is 19.3 Å². The summed E-state index contributed by atoms with van der Waals surface area (Å²) in [5.41, 5.74) is 2.98. The third kappa shape index (κ3) is 8.66. The van der Waals surface area contributed by atoms with Gasteiger partial charge in [0.25, 0.3) is 0 Å². The molecule has 0 unspecified atom stereocenters. The number of hydrogen-bond donors (Lipinski definition) is 0. The van der Waals surface area contributed by atoms with Crippen molar-refractivity contribution in [3.63, 3.8) is 0 Å². The van der Waals surface area contributed by atoms with Gasteiger partial charge in [0.15, 0.2) is 22.4 Å². The van der Waals surface area contributed by atoms with E-state index in [1.165, 1.54) is 31.9 Å². The van der Waals surface area contributed by atoms with E-state index in [9.17, 15) is 9.59 Å². The molecule has 0 saturated heterocycles. The molecule has 7 heteroatoms. The molecule has 0 spiro atoms. The Morgan fingerprint density at radius 2 is 1.52 bits per heavy atom. The predicted molar refractivity (Wildman–Crippen MR) is 206 cm³/mol. The smallest absolute Gasteiger partial charge is 0.319 e. The molecule has 3 rings (SSSR count). The van der Waals surface area contributed by atoms with Gasteiger partial charge in [-0.3, -0.25) is 9.59 Å². The van der Waals surface area contributed by atoms with Crippen LogP contribution in [0.2, 0.25) is 36.3 Å². The number of methoxy groups -OCH3 is 1. The summed E-state index contributed by atoms with van der Waals surface area (Å²) in [6.07, 6.45) is 16.2. The molecule has 0 aromatic heterocycles. The normalized spacial score (nSPS) is 30.2. The van der Waals surface area contributed by atoms with Gasteiger partial charge < -0.3 is 13.6 Å². The molecule has 3 saturated carbocycles. The maximum absolute atomic E-state index is 12.9. The Morgan fingerprint density at radius 3 is 2.08 bits per heavy atom. The fourth-order valence-corrected chi connectivity index (χ4v) is 10.5. The average Bonchev–Trinajstić information content (AvgIpc) is 3.32. The molecule has 0 aromatic rings. The standard InChI is InChI=1S/C41H70O5Si2/c1-28(19-24-36(42)40(9,10)37(43)44-12)33-22-23-34-30(18-17-25-41(33,34)11)20-21-31-26-32(45-47(13,14)38(3,4)5)27-35(29(31)2)46-48(15,16)39(6,7)8/h19-21,24,28,32-35H,2,17-18,22-23,25-27H2,1,3-16H3/t28-,32-,33-,34+,35+,41-/m1/s1. The highest BCUT2D eigenvalue weighted by atomic mass is 28.4. The van der Waals surface area contributed by atoms with Crippen LogP contribution in [0.3, 0.4) is 0 Å². The van der Waals surface area contributed by atoms with Crippen molar-refractivity contribution in [1.29, 1.82) is 0 Å². The molecule has 6 atom stereocenters. The van der Waals surface area contributed by atoms with Crippen molar-refractivity contribution in [3.05, 3.63) is 47.6 Å². The van der Waals surface area contributed by atoms with Crippen LogP contribution in [0, 0.1) is 28.6 Å². The van der Waals surface area contributed by atoms with Crippen molar-refractivity contribution in [2.24, 2.45) is 28.6 Å². The lowest BCUT2D eigenvalue weighted by atomic mass is 9.61. The van der Waals surface area contributed by atoms with Crippen molar-refractivity contribution in [2.75, 3.05) is 7.11 Å². The SMILES string of the molecule is C=C1C(=CC=C2CCC[C@]3(C)[C@@H]([C@H](C)C=CC(=O)C(C)(C)C(=O)OC)CC[C@@H]23)C[C@@H](O[Si](C)(C)C(C)(C)C)C[C@@H]1O[Si](C)(C)C(C)(C)C. The number of carbonyl (C=O) groups excluding carboxylic acids is 2. The van der Waals surface area contributed by atoms with Gasteiger partial charge in [0.1, 0.15) is 5.41 Å². The van der Waals surface area contributed by atoms with Crippen molar-refractivity contribution in [3.8, 4) is 0 Å². The molecular weight excluding hydrogens is 629 g/mol. The molecule has 0 aliphatic heterocycles. The van der Waals surface area contributed by atoms with Crippen molar-refractivity contribution in [2.45, 2.75) is 163 Å². The maximum atomic E-state index is 12.9. The molecular formula is C41H70O5Si2. The fourth-order valence-electron chi connectivity index (χ4n) is 7.85. The van der Waals surface area contributed by atoms with E-state index in [1.54, 1.807) is 25.5 Å². The van der Waals surface area contributed by atoms with Crippen LogP contribution < -0.4 is 0 Å². The summed E-state index contributed by atoms with van der Waals surface area (Å²) in [4.78, 5) is 25.1. The van der Waals surface area contributed by atoms with Crippen LogP contribution in [0.1, 0.15) is 114 Å². The number of allylic oxidation sites excluding steroid dienone is 5. The molecule has 3 aliphatic carbocycles. The number of rotatable bonds is 10. The zero-order valence-electron chi connectivity index (χ0n) is 33.4. The second-order valence-electron chi connectivity index (χ2n) is 19.1. The minimum Gasteiger partial charge on any atom is -0.468 e. The monoisotopic (exact) mass is 698 g/mol. The molecule has 5 nitrogen and oxygen atoms in total. The number of ketones is 1. The van der Waals surface area contributed by atoms with Gasteiger partial charge >= 0.3 is 5.97 Å². The lowest BCUT2D eigenvalue weighted by Crippen LogP contribution is -2.49. The lowest BCUT2D eigenvalue weighted by molar-refractivity contribution is -0.154. The largest absolute Gasteiger partial charge is 0.468 e. The quantitative estimate of drug-likeness (QED) is 0.0983. The van der Waals surface area contributed by atoms with E-state index in [2.05, 4.69) is 100 Å². The molecule has 0 N–H and O–H groups in total. The van der Waals surface area contributed by atoms with Gasteiger partial charge in [-0.05, 0) is 129 Å². The minimum atomic E-state index is -2.02. The molecule has 272 valence electrons. The highest BCUT2D eigenvalue weighted by Crippen LogP contribution is 2.59. The van der Waals surface area contributed by atoms with E-state index in [0.717, 1.165) is 31.3 Å². The Balaban J connectivity index is 1.89. The van der Waals surface area contributed by atoms with E-state index in [-0.39, 0.29) is 39.4 Å². The molecule has 0 aromatic carbocycles. The van der Waals surface area contributed by atoms with Crippen LogP contribution in [0.4, 0.5) is 0 Å². The summed E-state index contributed by atoms with van der Waals surface area (Å²) >= 11 is 0. The first-order valence-electron chi connectivity index (χ1n) is 18.5. The summed E-state index contributed by atoms with van der Waals surface area (Å²) in [5.74, 6) is 0.566. The van der Waals surface area contributed by atoms with Gasteiger partial charge in [-0.1, -0.05) is 85.8 Å². The van der Waals surface area contributed by atoms with Gasteiger partial charge in [-0.25, -0.2) is 0 Å². The summed E-state index contributed by atoms with van der Waals surface area (Å²) in [6.45, 7) is 35.9. The number of fused-ring (bicyclic) bond motifs is 1. The third-order valence-corrected chi connectivity index (χ3v) is 22.3. The predicted octanol–water partition coefficient (Wildman–Crippen LogP) is 11.1. The molecule has 3 fully saturated rings. The third-order valence-electron chi connectivity index (χ3n) is 13.3. The zero-order chi connectivity index (χ0) is 36.7.